The van der Waals surface area contributed by atoms with E-state index in [1.54, 1.807) is 6.26 Å². The summed E-state index contributed by atoms with van der Waals surface area (Å²) in [5.74, 6) is 0. The molecule has 1 N–H and O–H groups in total. The summed E-state index contributed by atoms with van der Waals surface area (Å²) >= 11 is 6.17. The van der Waals surface area contributed by atoms with E-state index in [0.717, 1.165) is 40.2 Å². The molecule has 0 aliphatic carbocycles. The maximum atomic E-state index is 6.17. The van der Waals surface area contributed by atoms with Crippen molar-refractivity contribution < 1.29 is 4.42 Å². The maximum absolute atomic E-state index is 6.17. The standard InChI is InChI=1S/C12H14ClNO/c1-3-14-6-9-7-15-12-8(2)4-5-10(13)11(9)12/h4-5,7,14H,3,6H2,1-2H3. The van der Waals surface area contributed by atoms with Gasteiger partial charge in [0, 0.05) is 17.5 Å². The fourth-order valence-corrected chi connectivity index (χ4v) is 1.96. The lowest BCUT2D eigenvalue weighted by atomic mass is 10.1. The summed E-state index contributed by atoms with van der Waals surface area (Å²) in [6.45, 7) is 5.84. The van der Waals surface area contributed by atoms with Crippen LogP contribution in [0.4, 0.5) is 0 Å². The molecule has 0 bridgehead atoms. The Labute approximate surface area is 94.2 Å². The summed E-state index contributed by atoms with van der Waals surface area (Å²) in [7, 11) is 0. The van der Waals surface area contributed by atoms with Crippen LogP contribution in [0.25, 0.3) is 11.0 Å². The van der Waals surface area contributed by atoms with Crippen molar-refractivity contribution in [1.82, 2.24) is 5.32 Å². The van der Waals surface area contributed by atoms with Crippen LogP contribution in [-0.4, -0.2) is 6.54 Å². The third kappa shape index (κ3) is 1.87. The van der Waals surface area contributed by atoms with E-state index >= 15 is 0 Å². The number of aryl methyl sites for hydroxylation is 1. The molecule has 0 radical (unpaired) electrons. The molecule has 2 aromatic rings. The molecule has 0 saturated carbocycles. The quantitative estimate of drug-likeness (QED) is 0.862. The van der Waals surface area contributed by atoms with Crippen molar-refractivity contribution in [2.75, 3.05) is 6.54 Å². The number of hydrogen-bond donors (Lipinski definition) is 1. The topological polar surface area (TPSA) is 25.2 Å². The summed E-state index contributed by atoms with van der Waals surface area (Å²) in [4.78, 5) is 0. The van der Waals surface area contributed by atoms with E-state index in [4.69, 9.17) is 16.0 Å². The maximum Gasteiger partial charge on any atom is 0.138 e. The molecule has 80 valence electrons. The number of furan rings is 1. The average Bonchev–Trinajstić information content (AvgIpc) is 2.65. The van der Waals surface area contributed by atoms with Crippen molar-refractivity contribution in [3.8, 4) is 0 Å². The van der Waals surface area contributed by atoms with E-state index < -0.39 is 0 Å². The Hall–Kier alpha value is -0.990. The molecule has 2 nitrogen and oxygen atoms in total. The van der Waals surface area contributed by atoms with Crippen molar-refractivity contribution in [1.29, 1.82) is 0 Å². The van der Waals surface area contributed by atoms with Crippen LogP contribution in [0.3, 0.4) is 0 Å². The summed E-state index contributed by atoms with van der Waals surface area (Å²) < 4.78 is 5.53. The minimum atomic E-state index is 0.761. The highest BCUT2D eigenvalue weighted by molar-refractivity contribution is 6.35. The molecule has 0 atom stereocenters. The fraction of sp³-hybridized carbons (Fsp3) is 0.333. The molecule has 3 heteroatoms. The predicted octanol–water partition coefficient (Wildman–Crippen LogP) is 3.50. The van der Waals surface area contributed by atoms with Crippen molar-refractivity contribution in [3.05, 3.63) is 34.5 Å². The molecule has 0 fully saturated rings. The van der Waals surface area contributed by atoms with Crippen LogP contribution < -0.4 is 5.32 Å². The third-order valence-electron chi connectivity index (χ3n) is 2.51. The van der Waals surface area contributed by atoms with Gasteiger partial charge in [0.1, 0.15) is 5.58 Å². The molecule has 0 unspecified atom stereocenters. The van der Waals surface area contributed by atoms with Gasteiger partial charge < -0.3 is 9.73 Å². The van der Waals surface area contributed by atoms with E-state index in [0.29, 0.717) is 0 Å². The first-order chi connectivity index (χ1) is 7.24. The van der Waals surface area contributed by atoms with Crippen LogP contribution in [0.2, 0.25) is 5.02 Å². The lowest BCUT2D eigenvalue weighted by molar-refractivity contribution is 0.602. The second-order valence-corrected chi connectivity index (χ2v) is 4.02. The molecule has 1 heterocycles. The second-order valence-electron chi connectivity index (χ2n) is 3.61. The Kier molecular flexibility index (Phi) is 2.98. The van der Waals surface area contributed by atoms with Gasteiger partial charge in [0.05, 0.1) is 11.3 Å². The highest BCUT2D eigenvalue weighted by atomic mass is 35.5. The molecular formula is C12H14ClNO. The summed E-state index contributed by atoms with van der Waals surface area (Å²) in [5.41, 5.74) is 3.15. The molecular weight excluding hydrogens is 210 g/mol. The lowest BCUT2D eigenvalue weighted by Crippen LogP contribution is -2.11. The number of benzene rings is 1. The highest BCUT2D eigenvalue weighted by Crippen LogP contribution is 2.30. The van der Waals surface area contributed by atoms with Gasteiger partial charge in [-0.2, -0.15) is 0 Å². The predicted molar refractivity (Wildman–Crippen MR) is 63.3 cm³/mol. The fourth-order valence-electron chi connectivity index (χ4n) is 1.69. The molecule has 0 spiro atoms. The van der Waals surface area contributed by atoms with Gasteiger partial charge in [0.15, 0.2) is 0 Å². The van der Waals surface area contributed by atoms with Gasteiger partial charge in [-0.05, 0) is 25.1 Å². The number of nitrogens with one attached hydrogen (secondary N) is 1. The van der Waals surface area contributed by atoms with Crippen LogP contribution in [0, 0.1) is 6.92 Å². The zero-order valence-corrected chi connectivity index (χ0v) is 9.69. The molecule has 0 saturated heterocycles. The van der Waals surface area contributed by atoms with Crippen LogP contribution in [-0.2, 0) is 6.54 Å². The first-order valence-electron chi connectivity index (χ1n) is 5.10. The van der Waals surface area contributed by atoms with E-state index in [1.165, 1.54) is 0 Å². The van der Waals surface area contributed by atoms with Crippen LogP contribution >= 0.6 is 11.6 Å². The molecule has 1 aromatic heterocycles. The number of hydrogen-bond acceptors (Lipinski definition) is 2. The van der Waals surface area contributed by atoms with Crippen molar-refractivity contribution >= 4 is 22.6 Å². The van der Waals surface area contributed by atoms with E-state index in [2.05, 4.69) is 12.2 Å². The third-order valence-corrected chi connectivity index (χ3v) is 2.82. The van der Waals surface area contributed by atoms with Gasteiger partial charge >= 0.3 is 0 Å². The minimum absolute atomic E-state index is 0.761. The SMILES string of the molecule is CCNCc1coc2c(C)ccc(Cl)c12. The normalized spacial score (nSPS) is 11.1. The van der Waals surface area contributed by atoms with Crippen molar-refractivity contribution in [2.24, 2.45) is 0 Å². The highest BCUT2D eigenvalue weighted by Gasteiger charge is 2.10. The average molecular weight is 224 g/mol. The Bertz CT molecular complexity index is 476. The Morgan fingerprint density at radius 3 is 2.93 bits per heavy atom. The molecule has 0 aliphatic heterocycles. The van der Waals surface area contributed by atoms with Gasteiger partial charge in [-0.25, -0.2) is 0 Å². The smallest absolute Gasteiger partial charge is 0.138 e. The van der Waals surface area contributed by atoms with Gasteiger partial charge in [0.2, 0.25) is 0 Å². The van der Waals surface area contributed by atoms with Gasteiger partial charge in [-0.3, -0.25) is 0 Å². The minimum Gasteiger partial charge on any atom is -0.464 e. The molecule has 2 rings (SSSR count). The zero-order valence-electron chi connectivity index (χ0n) is 8.93. The number of rotatable bonds is 3. The van der Waals surface area contributed by atoms with Crippen LogP contribution in [0.1, 0.15) is 18.1 Å². The molecule has 0 amide bonds. The summed E-state index contributed by atoms with van der Waals surface area (Å²) in [6.07, 6.45) is 1.78. The van der Waals surface area contributed by atoms with E-state index in [-0.39, 0.29) is 0 Å². The Morgan fingerprint density at radius 2 is 2.20 bits per heavy atom. The molecule has 0 aliphatic rings. The van der Waals surface area contributed by atoms with Gasteiger partial charge in [-0.15, -0.1) is 0 Å². The van der Waals surface area contributed by atoms with Crippen LogP contribution in [0.5, 0.6) is 0 Å². The number of fused-ring (bicyclic) bond motifs is 1. The van der Waals surface area contributed by atoms with Crippen molar-refractivity contribution in [2.45, 2.75) is 20.4 Å². The van der Waals surface area contributed by atoms with Crippen molar-refractivity contribution in [3.63, 3.8) is 0 Å². The molecule has 1 aromatic carbocycles. The summed E-state index contributed by atoms with van der Waals surface area (Å²) in [6, 6.07) is 3.90. The van der Waals surface area contributed by atoms with Gasteiger partial charge in [0.25, 0.3) is 0 Å². The largest absolute Gasteiger partial charge is 0.464 e. The second kappa shape index (κ2) is 4.25. The monoisotopic (exact) mass is 223 g/mol. The number of halogens is 1. The molecule has 15 heavy (non-hydrogen) atoms. The first kappa shape index (κ1) is 10.5. The van der Waals surface area contributed by atoms with Crippen LogP contribution in [0.15, 0.2) is 22.8 Å². The lowest BCUT2D eigenvalue weighted by Gasteiger charge is -2.01. The van der Waals surface area contributed by atoms with Gasteiger partial charge in [-0.1, -0.05) is 24.6 Å². The first-order valence-corrected chi connectivity index (χ1v) is 5.47. The van der Waals surface area contributed by atoms with E-state index in [9.17, 15) is 0 Å². The zero-order chi connectivity index (χ0) is 10.8. The van der Waals surface area contributed by atoms with E-state index in [1.807, 2.05) is 19.1 Å². The Balaban J connectivity index is 2.53. The Morgan fingerprint density at radius 1 is 1.40 bits per heavy atom. The summed E-state index contributed by atoms with van der Waals surface area (Å²) in [5, 5.41) is 5.07.